The van der Waals surface area contributed by atoms with Gasteiger partial charge in [-0.1, -0.05) is 6.07 Å². The number of Topliss-reactive ketones (excluding diaryl/α,β-unsaturated/α-hetero) is 1. The first-order valence-electron chi connectivity index (χ1n) is 9.06. The van der Waals surface area contributed by atoms with Crippen molar-refractivity contribution in [2.45, 2.75) is 55.3 Å². The molecule has 3 fully saturated rings. The monoisotopic (exact) mass is 327 g/mol. The molecule has 4 atom stereocenters. The summed E-state index contributed by atoms with van der Waals surface area (Å²) in [7, 11) is 0. The van der Waals surface area contributed by atoms with Crippen molar-refractivity contribution in [1.82, 2.24) is 4.90 Å². The summed E-state index contributed by atoms with van der Waals surface area (Å²) in [5.74, 6) is 1.33. The van der Waals surface area contributed by atoms with E-state index in [0.29, 0.717) is 25.1 Å². The number of phenolic OH excluding ortho intramolecular Hbond substituents is 1. The maximum Gasteiger partial charge on any atom is 0.174 e. The molecule has 2 N–H and O–H groups in total. The summed E-state index contributed by atoms with van der Waals surface area (Å²) in [6.45, 7) is 1.68. The molecular formula is C19H21NO4. The molecule has 2 saturated carbocycles. The third-order valence-corrected chi connectivity index (χ3v) is 7.22. The van der Waals surface area contributed by atoms with Crippen LogP contribution >= 0.6 is 0 Å². The number of aliphatic hydroxyl groups is 1. The molecule has 126 valence electrons. The molecule has 6 rings (SSSR count). The van der Waals surface area contributed by atoms with E-state index in [2.05, 4.69) is 4.90 Å². The fraction of sp³-hybridized carbons (Fsp3) is 0.632. The standard InChI is InChI=1S/C19H21NO4/c21-12-4-3-11-7-14-19(23)6-5-13(22)17-18(19,15(11)16(12)24-17)9-20(14)8-10-1-2-10/h3-4,10,14,17,21,23H,1-2,5-9H2/t14-,17-,18?,19+/m0/s1. The van der Waals surface area contributed by atoms with Crippen LogP contribution in [0.25, 0.3) is 0 Å². The van der Waals surface area contributed by atoms with E-state index >= 15 is 0 Å². The van der Waals surface area contributed by atoms with Gasteiger partial charge in [0.15, 0.2) is 23.4 Å². The Kier molecular flexibility index (Phi) is 2.26. The topological polar surface area (TPSA) is 70.0 Å². The van der Waals surface area contributed by atoms with E-state index in [1.54, 1.807) is 6.07 Å². The zero-order chi connectivity index (χ0) is 16.3. The number of likely N-dealkylation sites (tertiary alicyclic amines) is 1. The van der Waals surface area contributed by atoms with E-state index < -0.39 is 17.1 Å². The first-order valence-corrected chi connectivity index (χ1v) is 9.06. The van der Waals surface area contributed by atoms with Gasteiger partial charge in [-0.3, -0.25) is 9.69 Å². The first kappa shape index (κ1) is 13.7. The minimum Gasteiger partial charge on any atom is -0.504 e. The van der Waals surface area contributed by atoms with Crippen molar-refractivity contribution in [3.8, 4) is 11.5 Å². The van der Waals surface area contributed by atoms with Crippen LogP contribution in [0.1, 0.15) is 36.8 Å². The average Bonchev–Trinajstić information content (AvgIpc) is 3.27. The first-order chi connectivity index (χ1) is 11.5. The molecule has 1 saturated heterocycles. The van der Waals surface area contributed by atoms with Gasteiger partial charge in [0.1, 0.15) is 0 Å². The number of benzene rings is 1. The molecule has 2 heterocycles. The normalized spacial score (nSPS) is 42.1. The van der Waals surface area contributed by atoms with Crippen molar-refractivity contribution in [3.05, 3.63) is 23.3 Å². The summed E-state index contributed by atoms with van der Waals surface area (Å²) in [5, 5.41) is 22.1. The van der Waals surface area contributed by atoms with Gasteiger partial charge in [-0.15, -0.1) is 0 Å². The Morgan fingerprint density at radius 3 is 2.96 bits per heavy atom. The van der Waals surface area contributed by atoms with Gasteiger partial charge in [-0.25, -0.2) is 0 Å². The molecule has 2 bridgehead atoms. The summed E-state index contributed by atoms with van der Waals surface area (Å²) in [6, 6.07) is 3.68. The van der Waals surface area contributed by atoms with Crippen LogP contribution in [0.5, 0.6) is 11.5 Å². The van der Waals surface area contributed by atoms with E-state index in [-0.39, 0.29) is 17.6 Å². The smallest absolute Gasteiger partial charge is 0.174 e. The summed E-state index contributed by atoms with van der Waals surface area (Å²) in [6.07, 6.45) is 3.54. The number of hydrogen-bond donors (Lipinski definition) is 2. The average molecular weight is 327 g/mol. The number of ether oxygens (including phenoxy) is 1. The lowest BCUT2D eigenvalue weighted by atomic mass is 9.54. The molecular weight excluding hydrogens is 306 g/mol. The second-order valence-electron chi connectivity index (χ2n) is 8.40. The predicted molar refractivity (Wildman–Crippen MR) is 85.2 cm³/mol. The highest BCUT2D eigenvalue weighted by Crippen LogP contribution is 2.65. The quantitative estimate of drug-likeness (QED) is 0.852. The molecule has 0 aromatic heterocycles. The second-order valence-corrected chi connectivity index (χ2v) is 8.40. The van der Waals surface area contributed by atoms with E-state index in [0.717, 1.165) is 30.0 Å². The van der Waals surface area contributed by atoms with E-state index in [9.17, 15) is 15.0 Å². The lowest BCUT2D eigenvalue weighted by molar-refractivity contribution is -0.147. The zero-order valence-corrected chi connectivity index (χ0v) is 13.5. The molecule has 2 aliphatic heterocycles. The molecule has 5 nitrogen and oxygen atoms in total. The van der Waals surface area contributed by atoms with Crippen LogP contribution in [0.4, 0.5) is 0 Å². The van der Waals surface area contributed by atoms with Crippen LogP contribution in [0.3, 0.4) is 0 Å². The van der Waals surface area contributed by atoms with Crippen molar-refractivity contribution in [2.75, 3.05) is 13.1 Å². The Morgan fingerprint density at radius 1 is 1.33 bits per heavy atom. The molecule has 1 spiro atoms. The minimum absolute atomic E-state index is 0.0558. The Hall–Kier alpha value is -1.59. The molecule has 1 aromatic rings. The summed E-state index contributed by atoms with van der Waals surface area (Å²) in [4.78, 5) is 15.1. The van der Waals surface area contributed by atoms with Crippen LogP contribution in [0, 0.1) is 5.92 Å². The number of carbonyl (C=O) groups excluding carboxylic acids is 1. The SMILES string of the molecule is O=C1CC[C@@]2(O)[C@@H]3Cc4ccc(O)c5c4C2(CN3CC2CC2)[C@H]1O5. The number of ketones is 1. The molecule has 0 amide bonds. The molecule has 1 unspecified atom stereocenters. The summed E-state index contributed by atoms with van der Waals surface area (Å²) >= 11 is 0. The highest BCUT2D eigenvalue weighted by atomic mass is 16.5. The van der Waals surface area contributed by atoms with Gasteiger partial charge in [0.05, 0.1) is 11.0 Å². The number of aromatic hydroxyl groups is 1. The molecule has 5 heteroatoms. The number of rotatable bonds is 2. The molecule has 3 aliphatic carbocycles. The lowest BCUT2D eigenvalue weighted by Crippen LogP contribution is -2.66. The second kappa shape index (κ2) is 3.97. The lowest BCUT2D eigenvalue weighted by Gasteiger charge is -2.50. The highest BCUT2D eigenvalue weighted by molar-refractivity contribution is 5.90. The van der Waals surface area contributed by atoms with Crippen molar-refractivity contribution in [3.63, 3.8) is 0 Å². The number of nitrogens with zero attached hydrogens (tertiary/aromatic N) is 1. The maximum absolute atomic E-state index is 12.7. The van der Waals surface area contributed by atoms with Gasteiger partial charge in [-0.05, 0) is 43.2 Å². The summed E-state index contributed by atoms with van der Waals surface area (Å²) in [5.41, 5.74) is 0.432. The van der Waals surface area contributed by atoms with E-state index in [1.165, 1.54) is 12.8 Å². The number of phenols is 1. The Morgan fingerprint density at radius 2 is 2.17 bits per heavy atom. The van der Waals surface area contributed by atoms with Crippen LogP contribution < -0.4 is 4.74 Å². The van der Waals surface area contributed by atoms with Crippen molar-refractivity contribution < 1.29 is 19.7 Å². The zero-order valence-electron chi connectivity index (χ0n) is 13.5. The fourth-order valence-electron chi connectivity index (χ4n) is 6.02. The maximum atomic E-state index is 12.7. The van der Waals surface area contributed by atoms with Crippen LogP contribution in [0.2, 0.25) is 0 Å². The van der Waals surface area contributed by atoms with Gasteiger partial charge in [0.2, 0.25) is 0 Å². The third kappa shape index (κ3) is 1.32. The fourth-order valence-corrected chi connectivity index (χ4v) is 6.02. The van der Waals surface area contributed by atoms with E-state index in [4.69, 9.17) is 4.74 Å². The molecule has 5 aliphatic rings. The Bertz CT molecular complexity index is 788. The van der Waals surface area contributed by atoms with Gasteiger partial charge in [0.25, 0.3) is 0 Å². The van der Waals surface area contributed by atoms with Gasteiger partial charge in [0, 0.05) is 31.1 Å². The van der Waals surface area contributed by atoms with Crippen molar-refractivity contribution >= 4 is 5.78 Å². The highest BCUT2D eigenvalue weighted by Gasteiger charge is 2.75. The third-order valence-electron chi connectivity index (χ3n) is 7.22. The molecule has 1 aromatic carbocycles. The van der Waals surface area contributed by atoms with Crippen LogP contribution in [0.15, 0.2) is 12.1 Å². The number of carbonyl (C=O) groups is 1. The Labute approximate surface area is 140 Å². The van der Waals surface area contributed by atoms with E-state index in [1.807, 2.05) is 6.07 Å². The predicted octanol–water partition coefficient (Wildman–Crippen LogP) is 1.14. The van der Waals surface area contributed by atoms with Crippen LogP contribution in [-0.2, 0) is 16.6 Å². The summed E-state index contributed by atoms with van der Waals surface area (Å²) < 4.78 is 6.01. The van der Waals surface area contributed by atoms with Crippen molar-refractivity contribution in [1.29, 1.82) is 0 Å². The van der Waals surface area contributed by atoms with Crippen molar-refractivity contribution in [2.24, 2.45) is 5.92 Å². The number of hydrogen-bond acceptors (Lipinski definition) is 5. The minimum atomic E-state index is -0.924. The van der Waals surface area contributed by atoms with Crippen LogP contribution in [-0.4, -0.2) is 51.7 Å². The van der Waals surface area contributed by atoms with Gasteiger partial charge < -0.3 is 14.9 Å². The largest absolute Gasteiger partial charge is 0.504 e. The van der Waals surface area contributed by atoms with Gasteiger partial charge >= 0.3 is 0 Å². The van der Waals surface area contributed by atoms with Gasteiger partial charge in [-0.2, -0.15) is 0 Å². The molecule has 24 heavy (non-hydrogen) atoms. The molecule has 0 radical (unpaired) electrons. The Balaban J connectivity index is 1.61.